The highest BCUT2D eigenvalue weighted by molar-refractivity contribution is 6.35. The zero-order valence-corrected chi connectivity index (χ0v) is 12.7. The van der Waals surface area contributed by atoms with Crippen molar-refractivity contribution in [1.82, 2.24) is 10.2 Å². The summed E-state index contributed by atoms with van der Waals surface area (Å²) in [5.74, 6) is -0.405. The van der Waals surface area contributed by atoms with Gasteiger partial charge in [-0.15, -0.1) is 0 Å². The van der Waals surface area contributed by atoms with Gasteiger partial charge in [0.25, 0.3) is 0 Å². The molecule has 2 unspecified atom stereocenters. The third kappa shape index (κ3) is 3.22. The van der Waals surface area contributed by atoms with Crippen LogP contribution in [-0.4, -0.2) is 31.1 Å². The molecule has 0 amide bonds. The molecule has 1 heterocycles. The minimum Gasteiger partial charge on any atom is -0.318 e. The molecule has 1 aromatic rings. The van der Waals surface area contributed by atoms with E-state index in [1.54, 1.807) is 0 Å². The Balaban J connectivity index is 2.23. The molecule has 106 valence electrons. The molecule has 1 fully saturated rings. The average Bonchev–Trinajstić information content (AvgIpc) is 2.82. The van der Waals surface area contributed by atoms with Crippen LogP contribution in [0.3, 0.4) is 0 Å². The first kappa shape index (κ1) is 15.0. The molecule has 0 aromatic heterocycles. The summed E-state index contributed by atoms with van der Waals surface area (Å²) in [5, 5.41) is 3.83. The first-order valence-electron chi connectivity index (χ1n) is 6.59. The zero-order valence-electron chi connectivity index (χ0n) is 11.2. The van der Waals surface area contributed by atoms with Gasteiger partial charge in [-0.3, -0.25) is 4.90 Å². The van der Waals surface area contributed by atoms with Crippen LogP contribution >= 0.6 is 23.2 Å². The third-order valence-corrected chi connectivity index (χ3v) is 4.47. The Morgan fingerprint density at radius 3 is 2.84 bits per heavy atom. The Morgan fingerprint density at radius 1 is 1.42 bits per heavy atom. The van der Waals surface area contributed by atoms with Crippen molar-refractivity contribution in [3.8, 4) is 0 Å². The van der Waals surface area contributed by atoms with Crippen LogP contribution in [0.1, 0.15) is 31.4 Å². The van der Waals surface area contributed by atoms with E-state index >= 15 is 0 Å². The highest BCUT2D eigenvalue weighted by atomic mass is 35.5. The minimum atomic E-state index is -0.405. The summed E-state index contributed by atoms with van der Waals surface area (Å²) in [5.41, 5.74) is 0.812. The lowest BCUT2D eigenvalue weighted by Gasteiger charge is -2.31. The second-order valence-corrected chi connectivity index (χ2v) is 5.87. The molecular weight excluding hydrogens is 286 g/mol. The van der Waals surface area contributed by atoms with Crippen LogP contribution in [0.25, 0.3) is 0 Å². The van der Waals surface area contributed by atoms with Gasteiger partial charge in [-0.25, -0.2) is 4.39 Å². The Hall–Kier alpha value is -0.350. The summed E-state index contributed by atoms with van der Waals surface area (Å²) in [6.07, 6.45) is 2.34. The first-order valence-corrected chi connectivity index (χ1v) is 7.35. The van der Waals surface area contributed by atoms with E-state index in [1.165, 1.54) is 25.0 Å². The summed E-state index contributed by atoms with van der Waals surface area (Å²) in [6.45, 7) is 4.04. The highest BCUT2D eigenvalue weighted by Gasteiger charge is 2.29. The summed E-state index contributed by atoms with van der Waals surface area (Å²) >= 11 is 12.0. The zero-order chi connectivity index (χ0) is 14.0. The molecule has 19 heavy (non-hydrogen) atoms. The van der Waals surface area contributed by atoms with Crippen LogP contribution in [-0.2, 0) is 0 Å². The lowest BCUT2D eigenvalue weighted by molar-refractivity contribution is 0.191. The fourth-order valence-corrected chi connectivity index (χ4v) is 3.40. The van der Waals surface area contributed by atoms with E-state index in [9.17, 15) is 4.39 Å². The van der Waals surface area contributed by atoms with Crippen molar-refractivity contribution in [3.05, 3.63) is 33.6 Å². The molecule has 1 saturated heterocycles. The van der Waals surface area contributed by atoms with Crippen molar-refractivity contribution >= 4 is 23.2 Å². The number of benzene rings is 1. The van der Waals surface area contributed by atoms with E-state index < -0.39 is 5.82 Å². The molecule has 1 aliphatic rings. The summed E-state index contributed by atoms with van der Waals surface area (Å²) in [6, 6.07) is 3.53. The number of nitrogens with one attached hydrogen (secondary N) is 1. The van der Waals surface area contributed by atoms with Gasteiger partial charge in [0.2, 0.25) is 0 Å². The Labute approximate surface area is 123 Å². The fraction of sp³-hybridized carbons (Fsp3) is 0.571. The Bertz CT molecular complexity index is 453. The van der Waals surface area contributed by atoms with Gasteiger partial charge in [0.1, 0.15) is 5.82 Å². The smallest absolute Gasteiger partial charge is 0.142 e. The number of nitrogens with zero attached hydrogens (tertiary/aromatic N) is 1. The molecule has 1 aliphatic heterocycles. The molecule has 5 heteroatoms. The Morgan fingerprint density at radius 2 is 2.16 bits per heavy atom. The molecule has 1 N–H and O–H groups in total. The van der Waals surface area contributed by atoms with Crippen molar-refractivity contribution in [2.75, 3.05) is 20.1 Å². The number of halogens is 3. The molecule has 1 aromatic carbocycles. The van der Waals surface area contributed by atoms with Gasteiger partial charge >= 0.3 is 0 Å². The van der Waals surface area contributed by atoms with E-state index in [4.69, 9.17) is 23.2 Å². The van der Waals surface area contributed by atoms with Crippen LogP contribution in [0, 0.1) is 5.82 Å². The Kier molecular flexibility index (Phi) is 5.07. The van der Waals surface area contributed by atoms with Gasteiger partial charge in [-0.1, -0.05) is 23.2 Å². The van der Waals surface area contributed by atoms with Crippen molar-refractivity contribution in [3.63, 3.8) is 0 Å². The van der Waals surface area contributed by atoms with Crippen LogP contribution in [0.5, 0.6) is 0 Å². The number of likely N-dealkylation sites (N-methyl/N-ethyl adjacent to an activating group) is 1. The molecule has 2 atom stereocenters. The van der Waals surface area contributed by atoms with Crippen LogP contribution in [0.4, 0.5) is 4.39 Å². The number of likely N-dealkylation sites (tertiary alicyclic amines) is 1. The van der Waals surface area contributed by atoms with Crippen molar-refractivity contribution < 1.29 is 4.39 Å². The lowest BCUT2D eigenvalue weighted by atomic mass is 10.1. The summed E-state index contributed by atoms with van der Waals surface area (Å²) in [4.78, 5) is 2.38. The van der Waals surface area contributed by atoms with Gasteiger partial charge < -0.3 is 5.32 Å². The van der Waals surface area contributed by atoms with Gasteiger partial charge in [-0.05, 0) is 51.1 Å². The topological polar surface area (TPSA) is 15.3 Å². The SMILES string of the molecule is CNCC1CCCN1C(C)c1cc(F)c(Cl)cc1Cl. The maximum atomic E-state index is 13.6. The molecule has 0 radical (unpaired) electrons. The second-order valence-electron chi connectivity index (χ2n) is 5.06. The minimum absolute atomic E-state index is 0.0779. The van der Waals surface area contributed by atoms with Gasteiger partial charge in [0.15, 0.2) is 0 Å². The molecular formula is C14H19Cl2FN2. The summed E-state index contributed by atoms with van der Waals surface area (Å²) < 4.78 is 13.6. The normalized spacial score (nSPS) is 21.8. The standard InChI is InChI=1S/C14H19Cl2FN2/c1-9(19-5-3-4-10(19)8-18-2)11-6-14(17)13(16)7-12(11)15/h6-7,9-10,18H,3-5,8H2,1-2H3. The van der Waals surface area contributed by atoms with Crippen LogP contribution < -0.4 is 5.32 Å². The van der Waals surface area contributed by atoms with E-state index in [2.05, 4.69) is 17.1 Å². The maximum Gasteiger partial charge on any atom is 0.142 e. The maximum absolute atomic E-state index is 13.6. The molecule has 0 saturated carbocycles. The van der Waals surface area contributed by atoms with Gasteiger partial charge in [-0.2, -0.15) is 0 Å². The highest BCUT2D eigenvalue weighted by Crippen LogP contribution is 2.35. The van der Waals surface area contributed by atoms with Gasteiger partial charge in [0.05, 0.1) is 5.02 Å². The molecule has 0 aliphatic carbocycles. The number of hydrogen-bond acceptors (Lipinski definition) is 2. The van der Waals surface area contributed by atoms with Gasteiger partial charge in [0, 0.05) is 23.7 Å². The molecule has 0 spiro atoms. The predicted octanol–water partition coefficient (Wildman–Crippen LogP) is 3.88. The second kappa shape index (κ2) is 6.40. The molecule has 2 nitrogen and oxygen atoms in total. The van der Waals surface area contributed by atoms with E-state index in [0.29, 0.717) is 11.1 Å². The predicted molar refractivity (Wildman–Crippen MR) is 78.5 cm³/mol. The van der Waals surface area contributed by atoms with E-state index in [0.717, 1.165) is 18.7 Å². The first-order chi connectivity index (χ1) is 9.04. The average molecular weight is 305 g/mol. The quantitative estimate of drug-likeness (QED) is 0.849. The lowest BCUT2D eigenvalue weighted by Crippen LogP contribution is -2.38. The number of hydrogen-bond donors (Lipinski definition) is 1. The van der Waals surface area contributed by atoms with Crippen molar-refractivity contribution in [2.45, 2.75) is 31.8 Å². The van der Waals surface area contributed by atoms with Crippen LogP contribution in [0.2, 0.25) is 10.0 Å². The van der Waals surface area contributed by atoms with Crippen molar-refractivity contribution in [2.24, 2.45) is 0 Å². The van der Waals surface area contributed by atoms with E-state index in [1.807, 2.05) is 7.05 Å². The molecule has 2 rings (SSSR count). The van der Waals surface area contributed by atoms with Crippen molar-refractivity contribution in [1.29, 1.82) is 0 Å². The van der Waals surface area contributed by atoms with Crippen LogP contribution in [0.15, 0.2) is 12.1 Å². The fourth-order valence-electron chi connectivity index (χ4n) is 2.86. The van der Waals surface area contributed by atoms with E-state index in [-0.39, 0.29) is 11.1 Å². The third-order valence-electron chi connectivity index (χ3n) is 3.85. The monoisotopic (exact) mass is 304 g/mol. The number of rotatable bonds is 4. The molecule has 0 bridgehead atoms. The largest absolute Gasteiger partial charge is 0.318 e. The summed E-state index contributed by atoms with van der Waals surface area (Å²) in [7, 11) is 1.95.